The number of rotatable bonds is 7. The first kappa shape index (κ1) is 26.5. The van der Waals surface area contributed by atoms with Crippen LogP contribution in [0.4, 0.5) is 0 Å². The fourth-order valence-electron chi connectivity index (χ4n) is 5.81. The second-order valence-electron chi connectivity index (χ2n) is 9.61. The molecule has 39 heavy (non-hydrogen) atoms. The van der Waals surface area contributed by atoms with Crippen LogP contribution in [0.2, 0.25) is 0 Å². The van der Waals surface area contributed by atoms with E-state index < -0.39 is 35.6 Å². The van der Waals surface area contributed by atoms with Gasteiger partial charge in [-0.2, -0.15) is 0 Å². The van der Waals surface area contributed by atoms with Gasteiger partial charge in [0.25, 0.3) is 0 Å². The summed E-state index contributed by atoms with van der Waals surface area (Å²) in [6.07, 6.45) is 0.335. The van der Waals surface area contributed by atoms with Gasteiger partial charge < -0.3 is 23.7 Å². The second kappa shape index (κ2) is 10.9. The van der Waals surface area contributed by atoms with Crippen molar-refractivity contribution in [2.24, 2.45) is 16.8 Å². The second-order valence-corrected chi connectivity index (χ2v) is 9.61. The molecule has 0 N–H and O–H groups in total. The number of esters is 2. The van der Waals surface area contributed by atoms with Crippen LogP contribution in [-0.2, 0) is 23.9 Å². The normalized spacial score (nSPS) is 23.6. The maximum atomic E-state index is 14.4. The van der Waals surface area contributed by atoms with Crippen LogP contribution in [-0.4, -0.2) is 50.6 Å². The van der Waals surface area contributed by atoms with E-state index in [1.165, 1.54) is 0 Å². The number of fused-ring (bicyclic) bond motifs is 2. The molecule has 0 amide bonds. The zero-order valence-electron chi connectivity index (χ0n) is 22.4. The Morgan fingerprint density at radius 3 is 2.49 bits per heavy atom. The Morgan fingerprint density at radius 1 is 0.974 bits per heavy atom. The van der Waals surface area contributed by atoms with Crippen molar-refractivity contribution >= 4 is 23.4 Å². The van der Waals surface area contributed by atoms with Gasteiger partial charge in [-0.3, -0.25) is 14.6 Å². The van der Waals surface area contributed by atoms with Gasteiger partial charge in [0.05, 0.1) is 31.8 Å². The minimum absolute atomic E-state index is 0.0886. The number of nitrogens with zero attached hydrogens (tertiary/aromatic N) is 1. The smallest absolute Gasteiger partial charge is 0.336 e. The van der Waals surface area contributed by atoms with E-state index in [9.17, 15) is 14.4 Å². The van der Waals surface area contributed by atoms with E-state index in [1.54, 1.807) is 40.0 Å². The summed E-state index contributed by atoms with van der Waals surface area (Å²) < 4.78 is 27.3. The number of carbonyl (C=O) groups excluding carboxylic acids is 3. The van der Waals surface area contributed by atoms with Crippen molar-refractivity contribution in [3.05, 3.63) is 64.9 Å². The molecule has 2 aliphatic heterocycles. The summed E-state index contributed by atoms with van der Waals surface area (Å²) in [6, 6.07) is 12.7. The van der Waals surface area contributed by atoms with Crippen LogP contribution >= 0.6 is 0 Å². The molecule has 5 rings (SSSR count). The number of aliphatic imine (C=N–C) groups is 1. The number of hydrogen-bond donors (Lipinski definition) is 0. The molecule has 1 saturated carbocycles. The minimum atomic E-state index is -1.08. The number of allylic oxidation sites excluding steroid dienone is 1. The van der Waals surface area contributed by atoms with Gasteiger partial charge in [0.2, 0.25) is 6.79 Å². The summed E-state index contributed by atoms with van der Waals surface area (Å²) in [5.41, 5.74) is 2.84. The van der Waals surface area contributed by atoms with Gasteiger partial charge in [-0.15, -0.1) is 0 Å². The van der Waals surface area contributed by atoms with Crippen molar-refractivity contribution in [2.75, 3.05) is 27.1 Å². The van der Waals surface area contributed by atoms with Crippen molar-refractivity contribution in [2.45, 2.75) is 39.0 Å². The molecule has 4 atom stereocenters. The SMILES string of the molecule is CCOC(=O)C1=C(C)N=C2C[C@@H](c3cccc(OC)c3)[C@H](C(=O)OCC)C(=O)C2[C@@H]1c1ccc2c(c1)OCO2. The average Bonchev–Trinajstić information content (AvgIpc) is 3.40. The lowest BCUT2D eigenvalue weighted by Gasteiger charge is -2.41. The van der Waals surface area contributed by atoms with E-state index in [2.05, 4.69) is 0 Å². The third-order valence-corrected chi connectivity index (χ3v) is 7.46. The summed E-state index contributed by atoms with van der Waals surface area (Å²) in [5.74, 6) is -2.92. The molecule has 0 radical (unpaired) electrons. The largest absolute Gasteiger partial charge is 0.497 e. The van der Waals surface area contributed by atoms with Gasteiger partial charge in [-0.1, -0.05) is 18.2 Å². The maximum Gasteiger partial charge on any atom is 0.336 e. The van der Waals surface area contributed by atoms with Crippen LogP contribution in [0.1, 0.15) is 50.2 Å². The van der Waals surface area contributed by atoms with Crippen LogP contribution in [0, 0.1) is 11.8 Å². The van der Waals surface area contributed by atoms with Gasteiger partial charge in [0.15, 0.2) is 17.3 Å². The third kappa shape index (κ3) is 4.77. The average molecular weight is 534 g/mol. The Hall–Kier alpha value is -4.14. The highest BCUT2D eigenvalue weighted by molar-refractivity contribution is 6.17. The lowest BCUT2D eigenvalue weighted by molar-refractivity contribution is -0.153. The number of hydrogen-bond acceptors (Lipinski definition) is 9. The molecule has 2 heterocycles. The molecule has 204 valence electrons. The number of ether oxygens (including phenoxy) is 5. The Kier molecular flexibility index (Phi) is 7.41. The van der Waals surface area contributed by atoms with Gasteiger partial charge >= 0.3 is 11.9 Å². The van der Waals surface area contributed by atoms with Crippen LogP contribution in [0.25, 0.3) is 0 Å². The lowest BCUT2D eigenvalue weighted by Crippen LogP contribution is -2.48. The number of benzene rings is 2. The molecular weight excluding hydrogens is 502 g/mol. The number of carbonyl (C=O) groups is 3. The zero-order valence-corrected chi connectivity index (χ0v) is 22.4. The molecule has 3 aliphatic rings. The number of methoxy groups -OCH3 is 1. The van der Waals surface area contributed by atoms with Crippen molar-refractivity contribution < 1.29 is 38.1 Å². The van der Waals surface area contributed by atoms with Crippen molar-refractivity contribution in [1.82, 2.24) is 0 Å². The predicted molar refractivity (Wildman–Crippen MR) is 141 cm³/mol. The molecule has 0 aromatic heterocycles. The summed E-state index contributed by atoms with van der Waals surface area (Å²) in [7, 11) is 1.57. The Morgan fingerprint density at radius 2 is 1.74 bits per heavy atom. The first-order valence-corrected chi connectivity index (χ1v) is 13.1. The van der Waals surface area contributed by atoms with E-state index in [4.69, 9.17) is 28.7 Å². The standard InChI is InChI=1S/C30H31NO8/c1-5-36-29(33)24-16(3)31-21-14-20(17-8-7-9-19(12-17)35-4)26(30(34)37-6-2)28(32)27(21)25(24)18-10-11-22-23(13-18)39-15-38-22/h7-13,20,25-27H,5-6,14-15H2,1-4H3/t20-,25+,26-,27?/m0/s1. The highest BCUT2D eigenvalue weighted by Crippen LogP contribution is 2.49. The Balaban J connectivity index is 1.66. The van der Waals surface area contributed by atoms with Gasteiger partial charge in [0, 0.05) is 23.2 Å². The fourth-order valence-corrected chi connectivity index (χ4v) is 5.81. The molecule has 0 saturated heterocycles. The molecule has 1 aliphatic carbocycles. The summed E-state index contributed by atoms with van der Waals surface area (Å²) in [6.45, 7) is 5.57. The van der Waals surface area contributed by atoms with Crippen molar-refractivity contribution in [3.63, 3.8) is 0 Å². The highest BCUT2D eigenvalue weighted by atomic mass is 16.7. The van der Waals surface area contributed by atoms with Crippen molar-refractivity contribution in [3.8, 4) is 17.2 Å². The van der Waals surface area contributed by atoms with Crippen LogP contribution in [0.3, 0.4) is 0 Å². The Bertz CT molecular complexity index is 1380. The van der Waals surface area contributed by atoms with E-state index in [0.717, 1.165) is 5.56 Å². The molecule has 9 nitrogen and oxygen atoms in total. The van der Waals surface area contributed by atoms with E-state index in [0.29, 0.717) is 46.2 Å². The monoisotopic (exact) mass is 533 g/mol. The number of Topliss-reactive ketones (excluding diaryl/α,β-unsaturated/α-hetero) is 1. The molecular formula is C30H31NO8. The van der Waals surface area contributed by atoms with Crippen LogP contribution in [0.15, 0.2) is 58.7 Å². The highest BCUT2D eigenvalue weighted by Gasteiger charge is 2.53. The van der Waals surface area contributed by atoms with Crippen LogP contribution in [0.5, 0.6) is 17.2 Å². The molecule has 0 spiro atoms. The quantitative estimate of drug-likeness (QED) is 0.382. The molecule has 2 aromatic carbocycles. The topological polar surface area (TPSA) is 110 Å². The fraction of sp³-hybridized carbons (Fsp3) is 0.400. The molecule has 1 unspecified atom stereocenters. The Labute approximate surface area is 226 Å². The lowest BCUT2D eigenvalue weighted by atomic mass is 9.62. The van der Waals surface area contributed by atoms with Crippen molar-refractivity contribution in [1.29, 1.82) is 0 Å². The maximum absolute atomic E-state index is 14.4. The predicted octanol–water partition coefficient (Wildman–Crippen LogP) is 4.35. The van der Waals surface area contributed by atoms with E-state index >= 15 is 0 Å². The third-order valence-electron chi connectivity index (χ3n) is 7.46. The van der Waals surface area contributed by atoms with Gasteiger partial charge in [0.1, 0.15) is 11.7 Å². The van der Waals surface area contributed by atoms with E-state index in [-0.39, 0.29) is 25.8 Å². The summed E-state index contributed by atoms with van der Waals surface area (Å²) >= 11 is 0. The minimum Gasteiger partial charge on any atom is -0.497 e. The molecule has 2 aromatic rings. The van der Waals surface area contributed by atoms with Gasteiger partial charge in [-0.25, -0.2) is 4.79 Å². The first-order chi connectivity index (χ1) is 18.9. The van der Waals surface area contributed by atoms with Crippen LogP contribution < -0.4 is 14.2 Å². The molecule has 9 heteroatoms. The molecule has 0 bridgehead atoms. The summed E-state index contributed by atoms with van der Waals surface area (Å²) in [4.78, 5) is 45.8. The zero-order chi connectivity index (χ0) is 27.7. The molecule has 1 fully saturated rings. The first-order valence-electron chi connectivity index (χ1n) is 13.1. The van der Waals surface area contributed by atoms with E-state index in [1.807, 2.05) is 30.3 Å². The number of ketones is 1. The van der Waals surface area contributed by atoms with Gasteiger partial charge in [-0.05, 0) is 62.6 Å². The summed E-state index contributed by atoms with van der Waals surface area (Å²) in [5, 5.41) is 0.